The lowest BCUT2D eigenvalue weighted by Crippen LogP contribution is -2.51. The van der Waals surface area contributed by atoms with Crippen molar-refractivity contribution in [2.75, 3.05) is 0 Å². The summed E-state index contributed by atoms with van der Waals surface area (Å²) in [6.07, 6.45) is 4.03. The van der Waals surface area contributed by atoms with Gasteiger partial charge >= 0.3 is 0 Å². The van der Waals surface area contributed by atoms with E-state index in [-0.39, 0.29) is 11.9 Å². The van der Waals surface area contributed by atoms with Gasteiger partial charge in [0.05, 0.1) is 10.4 Å². The molecule has 0 aromatic carbocycles. The highest BCUT2D eigenvalue weighted by Crippen LogP contribution is 2.30. The third-order valence-corrected chi connectivity index (χ3v) is 4.72. The summed E-state index contributed by atoms with van der Waals surface area (Å²) in [7, 11) is 0. The monoisotopic (exact) mass is 270 g/mol. The van der Waals surface area contributed by atoms with Gasteiger partial charge in [0.2, 0.25) is 5.91 Å². The second kappa shape index (κ2) is 6.00. The average Bonchev–Trinajstić information content (AvgIpc) is 2.25. The van der Waals surface area contributed by atoms with E-state index in [0.29, 0.717) is 23.2 Å². The first-order valence-electron chi connectivity index (χ1n) is 6.90. The van der Waals surface area contributed by atoms with Crippen molar-refractivity contribution in [3.63, 3.8) is 0 Å². The first-order chi connectivity index (χ1) is 8.29. The maximum atomic E-state index is 12.3. The summed E-state index contributed by atoms with van der Waals surface area (Å²) in [6, 6.07) is 0.275. The van der Waals surface area contributed by atoms with Crippen LogP contribution in [0.2, 0.25) is 0 Å². The Morgan fingerprint density at radius 1 is 1.33 bits per heavy atom. The quantitative estimate of drug-likeness (QED) is 0.772. The lowest BCUT2D eigenvalue weighted by molar-refractivity contribution is -0.128. The molecular weight excluding hydrogens is 244 g/mol. The molecule has 1 rings (SSSR count). The number of nitrogens with one attached hydrogen (secondary N) is 1. The van der Waals surface area contributed by atoms with Crippen molar-refractivity contribution in [1.82, 2.24) is 5.32 Å². The first-order valence-corrected chi connectivity index (χ1v) is 7.31. The van der Waals surface area contributed by atoms with Gasteiger partial charge in [-0.1, -0.05) is 33.0 Å². The van der Waals surface area contributed by atoms with Gasteiger partial charge in [0.1, 0.15) is 0 Å². The summed E-state index contributed by atoms with van der Waals surface area (Å²) < 4.78 is 0. The number of carbonyl (C=O) groups excluding carboxylic acids is 1. The van der Waals surface area contributed by atoms with Crippen molar-refractivity contribution in [2.45, 2.75) is 59.4 Å². The Morgan fingerprint density at radius 2 is 1.83 bits per heavy atom. The number of hydrogen-bond donors (Lipinski definition) is 2. The molecule has 3 atom stereocenters. The molecule has 1 amide bonds. The molecule has 0 aromatic heterocycles. The number of hydrogen-bond acceptors (Lipinski definition) is 2. The van der Waals surface area contributed by atoms with Crippen LogP contribution in [0.1, 0.15) is 53.4 Å². The van der Waals surface area contributed by atoms with Gasteiger partial charge in [-0.25, -0.2) is 0 Å². The van der Waals surface area contributed by atoms with E-state index in [2.05, 4.69) is 19.2 Å². The fourth-order valence-corrected chi connectivity index (χ4v) is 3.09. The van der Waals surface area contributed by atoms with Crippen molar-refractivity contribution in [2.24, 2.45) is 23.0 Å². The second-order valence-electron chi connectivity index (χ2n) is 6.14. The molecule has 3 unspecified atom stereocenters. The minimum Gasteiger partial charge on any atom is -0.392 e. The van der Waals surface area contributed by atoms with Crippen LogP contribution in [0.3, 0.4) is 0 Å². The Bertz CT molecular complexity index is 322. The van der Waals surface area contributed by atoms with Crippen molar-refractivity contribution < 1.29 is 4.79 Å². The van der Waals surface area contributed by atoms with Gasteiger partial charge in [-0.3, -0.25) is 4.79 Å². The third kappa shape index (κ3) is 3.44. The molecular formula is C14H26N2OS. The van der Waals surface area contributed by atoms with Crippen LogP contribution in [0.25, 0.3) is 0 Å². The molecule has 0 heterocycles. The molecule has 1 aliphatic rings. The lowest BCUT2D eigenvalue weighted by atomic mass is 9.79. The van der Waals surface area contributed by atoms with E-state index in [1.165, 1.54) is 6.42 Å². The van der Waals surface area contributed by atoms with Crippen LogP contribution in [0, 0.1) is 17.3 Å². The summed E-state index contributed by atoms with van der Waals surface area (Å²) in [5, 5.41) is 3.15. The highest BCUT2D eigenvalue weighted by molar-refractivity contribution is 7.80. The number of rotatable bonds is 4. The van der Waals surface area contributed by atoms with E-state index in [9.17, 15) is 4.79 Å². The van der Waals surface area contributed by atoms with E-state index in [4.69, 9.17) is 18.0 Å². The lowest BCUT2D eigenvalue weighted by Gasteiger charge is -2.35. The fraction of sp³-hybridized carbons (Fsp3) is 0.857. The molecule has 104 valence electrons. The molecule has 0 radical (unpaired) electrons. The molecule has 0 aliphatic heterocycles. The summed E-state index contributed by atoms with van der Waals surface area (Å²) in [4.78, 5) is 12.6. The van der Waals surface area contributed by atoms with Crippen LogP contribution >= 0.6 is 12.2 Å². The summed E-state index contributed by atoms with van der Waals surface area (Å²) in [6.45, 7) is 8.29. The SMILES string of the molecule is CCC(C)(C(=O)NC1CC(C)CC(C)C1)C(N)=S. The van der Waals surface area contributed by atoms with Gasteiger partial charge < -0.3 is 11.1 Å². The van der Waals surface area contributed by atoms with Crippen molar-refractivity contribution >= 4 is 23.1 Å². The molecule has 0 bridgehead atoms. The zero-order valence-electron chi connectivity index (χ0n) is 12.0. The van der Waals surface area contributed by atoms with E-state index in [1.807, 2.05) is 13.8 Å². The third-order valence-electron chi connectivity index (χ3n) is 4.27. The highest BCUT2D eigenvalue weighted by atomic mass is 32.1. The van der Waals surface area contributed by atoms with Crippen LogP contribution in [0.4, 0.5) is 0 Å². The Kier molecular flexibility index (Phi) is 5.14. The molecule has 0 saturated heterocycles. The number of amides is 1. The topological polar surface area (TPSA) is 55.1 Å². The highest BCUT2D eigenvalue weighted by Gasteiger charge is 2.36. The largest absolute Gasteiger partial charge is 0.392 e. The Labute approximate surface area is 116 Å². The summed E-state index contributed by atoms with van der Waals surface area (Å²) in [5.74, 6) is 1.34. The molecule has 1 fully saturated rings. The predicted octanol–water partition coefficient (Wildman–Crippen LogP) is 2.63. The van der Waals surface area contributed by atoms with Crippen molar-refractivity contribution in [1.29, 1.82) is 0 Å². The van der Waals surface area contributed by atoms with Crippen LogP contribution < -0.4 is 11.1 Å². The summed E-state index contributed by atoms with van der Waals surface area (Å²) in [5.41, 5.74) is 5.00. The van der Waals surface area contributed by atoms with Gasteiger partial charge in [0, 0.05) is 6.04 Å². The molecule has 3 N–H and O–H groups in total. The smallest absolute Gasteiger partial charge is 0.232 e. The molecule has 0 aromatic rings. The standard InChI is InChI=1S/C14H26N2OS/c1-5-14(4,12(15)18)13(17)16-11-7-9(2)6-10(3)8-11/h9-11H,5-8H2,1-4H3,(H2,15,18)(H,16,17). The van der Waals surface area contributed by atoms with E-state index >= 15 is 0 Å². The maximum absolute atomic E-state index is 12.3. The Hall–Kier alpha value is -0.640. The first kappa shape index (κ1) is 15.4. The van der Waals surface area contributed by atoms with Crippen molar-refractivity contribution in [3.05, 3.63) is 0 Å². The molecule has 18 heavy (non-hydrogen) atoms. The van der Waals surface area contributed by atoms with Gasteiger partial charge in [0.15, 0.2) is 0 Å². The molecule has 1 aliphatic carbocycles. The number of thiocarbonyl (C=S) groups is 1. The number of nitrogens with two attached hydrogens (primary N) is 1. The zero-order valence-corrected chi connectivity index (χ0v) is 12.8. The van der Waals surface area contributed by atoms with Crippen LogP contribution in [0.5, 0.6) is 0 Å². The van der Waals surface area contributed by atoms with E-state index in [1.54, 1.807) is 0 Å². The minimum absolute atomic E-state index is 0.0104. The van der Waals surface area contributed by atoms with Gasteiger partial charge in [-0.2, -0.15) is 0 Å². The second-order valence-corrected chi connectivity index (χ2v) is 6.58. The molecule has 1 saturated carbocycles. The number of carbonyl (C=O) groups is 1. The Morgan fingerprint density at radius 3 is 2.22 bits per heavy atom. The van der Waals surface area contributed by atoms with E-state index in [0.717, 1.165) is 12.8 Å². The van der Waals surface area contributed by atoms with E-state index < -0.39 is 5.41 Å². The molecule has 0 spiro atoms. The van der Waals surface area contributed by atoms with Gasteiger partial charge in [-0.15, -0.1) is 0 Å². The molecule has 3 nitrogen and oxygen atoms in total. The van der Waals surface area contributed by atoms with Crippen molar-refractivity contribution in [3.8, 4) is 0 Å². The maximum Gasteiger partial charge on any atom is 0.232 e. The van der Waals surface area contributed by atoms with Crippen LogP contribution in [-0.2, 0) is 4.79 Å². The van der Waals surface area contributed by atoms with Crippen LogP contribution in [-0.4, -0.2) is 16.9 Å². The van der Waals surface area contributed by atoms with Gasteiger partial charge in [-0.05, 0) is 44.4 Å². The summed E-state index contributed by atoms with van der Waals surface area (Å²) >= 11 is 5.04. The fourth-order valence-electron chi connectivity index (χ4n) is 2.86. The minimum atomic E-state index is -0.709. The molecule has 4 heteroatoms. The average molecular weight is 270 g/mol. The zero-order chi connectivity index (χ0) is 13.9. The predicted molar refractivity (Wildman–Crippen MR) is 79.3 cm³/mol. The Balaban J connectivity index is 2.66. The normalized spacial score (nSPS) is 31.4. The van der Waals surface area contributed by atoms with Gasteiger partial charge in [0.25, 0.3) is 0 Å². The van der Waals surface area contributed by atoms with Crippen LogP contribution in [0.15, 0.2) is 0 Å².